The van der Waals surface area contributed by atoms with Crippen molar-refractivity contribution in [3.8, 4) is 0 Å². The van der Waals surface area contributed by atoms with Gasteiger partial charge in [-0.1, -0.05) is 0 Å². The van der Waals surface area contributed by atoms with Crippen molar-refractivity contribution in [2.45, 2.75) is 44.4 Å². The van der Waals surface area contributed by atoms with Crippen molar-refractivity contribution in [3.05, 3.63) is 0 Å². The summed E-state index contributed by atoms with van der Waals surface area (Å²) in [6.45, 7) is -0.360. The SMILES string of the molecule is O=C(NCCC(F)(F)F)C1CCC(O)CC1. The van der Waals surface area contributed by atoms with E-state index in [2.05, 4.69) is 5.32 Å². The van der Waals surface area contributed by atoms with Gasteiger partial charge in [0.2, 0.25) is 5.91 Å². The van der Waals surface area contributed by atoms with Gasteiger partial charge in [-0.2, -0.15) is 13.2 Å². The first-order valence-corrected chi connectivity index (χ1v) is 5.41. The van der Waals surface area contributed by atoms with E-state index in [1.165, 1.54) is 0 Å². The summed E-state index contributed by atoms with van der Waals surface area (Å²) >= 11 is 0. The molecule has 1 aliphatic carbocycles. The lowest BCUT2D eigenvalue weighted by molar-refractivity contribution is -0.137. The first-order chi connectivity index (χ1) is 7.38. The number of carbonyl (C=O) groups excluding carboxylic acids is 1. The van der Waals surface area contributed by atoms with E-state index >= 15 is 0 Å². The van der Waals surface area contributed by atoms with Gasteiger partial charge in [0.25, 0.3) is 0 Å². The van der Waals surface area contributed by atoms with Gasteiger partial charge in [-0.25, -0.2) is 0 Å². The average molecular weight is 239 g/mol. The zero-order chi connectivity index (χ0) is 12.2. The van der Waals surface area contributed by atoms with Gasteiger partial charge < -0.3 is 10.4 Å². The highest BCUT2D eigenvalue weighted by molar-refractivity contribution is 5.78. The lowest BCUT2D eigenvalue weighted by atomic mass is 9.87. The first-order valence-electron chi connectivity index (χ1n) is 5.41. The molecule has 1 aliphatic rings. The molecule has 0 unspecified atom stereocenters. The molecule has 0 heterocycles. The highest BCUT2D eigenvalue weighted by Gasteiger charge is 2.28. The molecule has 0 aromatic rings. The Morgan fingerprint density at radius 1 is 1.25 bits per heavy atom. The van der Waals surface area contributed by atoms with Crippen LogP contribution in [0.4, 0.5) is 13.2 Å². The van der Waals surface area contributed by atoms with E-state index in [1.807, 2.05) is 0 Å². The molecule has 1 rings (SSSR count). The third-order valence-electron chi connectivity index (χ3n) is 2.78. The molecule has 2 N–H and O–H groups in total. The van der Waals surface area contributed by atoms with Gasteiger partial charge in [0, 0.05) is 12.5 Å². The highest BCUT2D eigenvalue weighted by atomic mass is 19.4. The van der Waals surface area contributed by atoms with Crippen LogP contribution in [0.5, 0.6) is 0 Å². The van der Waals surface area contributed by atoms with Gasteiger partial charge in [-0.15, -0.1) is 0 Å². The maximum Gasteiger partial charge on any atom is 0.390 e. The Morgan fingerprint density at radius 3 is 2.31 bits per heavy atom. The Labute approximate surface area is 92.0 Å². The zero-order valence-electron chi connectivity index (χ0n) is 8.89. The van der Waals surface area contributed by atoms with Gasteiger partial charge in [-0.3, -0.25) is 4.79 Å². The standard InChI is InChI=1S/C10H16F3NO2/c11-10(12,13)5-6-14-9(16)7-1-3-8(15)4-2-7/h7-8,15H,1-6H2,(H,14,16). The minimum Gasteiger partial charge on any atom is -0.393 e. The highest BCUT2D eigenvalue weighted by Crippen LogP contribution is 2.24. The lowest BCUT2D eigenvalue weighted by Crippen LogP contribution is -2.35. The summed E-state index contributed by atoms with van der Waals surface area (Å²) in [5.74, 6) is -0.562. The van der Waals surface area contributed by atoms with Crippen LogP contribution in [0.3, 0.4) is 0 Å². The number of hydrogen-bond donors (Lipinski definition) is 2. The summed E-state index contributed by atoms with van der Waals surface area (Å²) in [5.41, 5.74) is 0. The van der Waals surface area contributed by atoms with Gasteiger partial charge in [0.15, 0.2) is 0 Å². The van der Waals surface area contributed by atoms with Crippen LogP contribution >= 0.6 is 0 Å². The summed E-state index contributed by atoms with van der Waals surface area (Å²) in [5, 5.41) is 11.5. The number of alkyl halides is 3. The van der Waals surface area contributed by atoms with Crippen LogP contribution in [-0.2, 0) is 4.79 Å². The van der Waals surface area contributed by atoms with Crippen LogP contribution in [0.1, 0.15) is 32.1 Å². The van der Waals surface area contributed by atoms with Crippen LogP contribution in [0.25, 0.3) is 0 Å². The number of amides is 1. The van der Waals surface area contributed by atoms with Crippen LogP contribution in [0.2, 0.25) is 0 Å². The molecule has 0 saturated heterocycles. The fourth-order valence-electron chi connectivity index (χ4n) is 1.81. The van der Waals surface area contributed by atoms with E-state index in [4.69, 9.17) is 0 Å². The molecular weight excluding hydrogens is 223 g/mol. The fraction of sp³-hybridized carbons (Fsp3) is 0.900. The maximum absolute atomic E-state index is 11.8. The van der Waals surface area contributed by atoms with Crippen molar-refractivity contribution in [2.75, 3.05) is 6.54 Å². The molecule has 94 valence electrons. The van der Waals surface area contributed by atoms with E-state index < -0.39 is 12.6 Å². The van der Waals surface area contributed by atoms with Gasteiger partial charge in [0.05, 0.1) is 12.5 Å². The molecule has 0 atom stereocenters. The lowest BCUT2D eigenvalue weighted by Gasteiger charge is -2.24. The minimum atomic E-state index is -4.23. The van der Waals surface area contributed by atoms with Crippen LogP contribution < -0.4 is 5.32 Å². The second kappa shape index (κ2) is 5.52. The summed E-state index contributed by atoms with van der Waals surface area (Å²) < 4.78 is 35.4. The van der Waals surface area contributed by atoms with E-state index in [-0.39, 0.29) is 24.5 Å². The first kappa shape index (κ1) is 13.3. The molecule has 0 aliphatic heterocycles. The third kappa shape index (κ3) is 4.83. The number of halogens is 3. The van der Waals surface area contributed by atoms with Crippen molar-refractivity contribution in [1.29, 1.82) is 0 Å². The number of carbonyl (C=O) groups is 1. The largest absolute Gasteiger partial charge is 0.393 e. The molecular formula is C10H16F3NO2. The van der Waals surface area contributed by atoms with Gasteiger partial charge in [0.1, 0.15) is 0 Å². The van der Waals surface area contributed by atoms with Crippen LogP contribution in [0.15, 0.2) is 0 Å². The molecule has 3 nitrogen and oxygen atoms in total. The van der Waals surface area contributed by atoms with Crippen molar-refractivity contribution < 1.29 is 23.1 Å². The molecule has 0 bridgehead atoms. The monoisotopic (exact) mass is 239 g/mol. The molecule has 0 spiro atoms. The molecule has 16 heavy (non-hydrogen) atoms. The molecule has 0 radical (unpaired) electrons. The van der Waals surface area contributed by atoms with Crippen LogP contribution in [0, 0.1) is 5.92 Å². The number of rotatable bonds is 3. The van der Waals surface area contributed by atoms with E-state index in [9.17, 15) is 23.1 Å². The van der Waals surface area contributed by atoms with Gasteiger partial charge in [-0.05, 0) is 25.7 Å². The number of aliphatic hydroxyl groups excluding tert-OH is 1. The molecule has 6 heteroatoms. The molecule has 1 amide bonds. The fourth-order valence-corrected chi connectivity index (χ4v) is 1.81. The zero-order valence-corrected chi connectivity index (χ0v) is 8.89. The summed E-state index contributed by atoms with van der Waals surface area (Å²) in [6, 6.07) is 0. The van der Waals surface area contributed by atoms with Crippen molar-refractivity contribution >= 4 is 5.91 Å². The van der Waals surface area contributed by atoms with E-state index in [0.29, 0.717) is 25.7 Å². The van der Waals surface area contributed by atoms with Crippen molar-refractivity contribution in [1.82, 2.24) is 5.32 Å². The number of nitrogens with one attached hydrogen (secondary N) is 1. The van der Waals surface area contributed by atoms with Crippen molar-refractivity contribution in [3.63, 3.8) is 0 Å². The molecule has 1 fully saturated rings. The molecule has 0 aromatic carbocycles. The third-order valence-corrected chi connectivity index (χ3v) is 2.78. The summed E-state index contributed by atoms with van der Waals surface area (Å²) in [6.07, 6.45) is -3.36. The van der Waals surface area contributed by atoms with E-state index in [0.717, 1.165) is 0 Å². The number of hydrogen-bond acceptors (Lipinski definition) is 2. The minimum absolute atomic E-state index is 0.239. The second-order valence-corrected chi connectivity index (χ2v) is 4.16. The maximum atomic E-state index is 11.8. The average Bonchev–Trinajstić information content (AvgIpc) is 2.16. The quantitative estimate of drug-likeness (QED) is 0.786. The predicted molar refractivity (Wildman–Crippen MR) is 51.6 cm³/mol. The summed E-state index contributed by atoms with van der Waals surface area (Å²) in [4.78, 5) is 11.4. The molecule has 0 aromatic heterocycles. The Bertz CT molecular complexity index is 235. The number of aliphatic hydroxyl groups is 1. The summed E-state index contributed by atoms with van der Waals surface area (Å²) in [7, 11) is 0. The Balaban J connectivity index is 2.20. The molecule has 1 saturated carbocycles. The normalized spacial score (nSPS) is 26.5. The van der Waals surface area contributed by atoms with E-state index in [1.54, 1.807) is 0 Å². The van der Waals surface area contributed by atoms with Crippen molar-refractivity contribution in [2.24, 2.45) is 5.92 Å². The Morgan fingerprint density at radius 2 is 1.81 bits per heavy atom. The topological polar surface area (TPSA) is 49.3 Å². The smallest absolute Gasteiger partial charge is 0.390 e. The van der Waals surface area contributed by atoms with Crippen LogP contribution in [-0.4, -0.2) is 29.8 Å². The second-order valence-electron chi connectivity index (χ2n) is 4.16. The van der Waals surface area contributed by atoms with Gasteiger partial charge >= 0.3 is 6.18 Å². The Hall–Kier alpha value is -0.780. The predicted octanol–water partition coefficient (Wildman–Crippen LogP) is 1.61. The Kier molecular flexibility index (Phi) is 4.58.